The van der Waals surface area contributed by atoms with Crippen LogP contribution >= 0.6 is 35.3 Å². The van der Waals surface area contributed by atoms with Crippen molar-refractivity contribution < 1.29 is 87.9 Å². The molecule has 2 aromatic rings. The lowest BCUT2D eigenvalue weighted by molar-refractivity contribution is -0.147. The number of fused-ring (bicyclic) bond motifs is 4. The number of benzene rings is 2. The van der Waals surface area contributed by atoms with Gasteiger partial charge in [0.15, 0.2) is 0 Å². The molecule has 0 spiro atoms. The fourth-order valence-corrected chi connectivity index (χ4v) is 14.9. The third kappa shape index (κ3) is 26.7. The number of carboxylic acid groups (broad SMARTS) is 4. The van der Waals surface area contributed by atoms with Gasteiger partial charge in [-0.1, -0.05) is 61.9 Å². The summed E-state index contributed by atoms with van der Waals surface area (Å²) in [5.41, 5.74) is 8.43. The second kappa shape index (κ2) is 41.1. The molecule has 2 bridgehead atoms. The second-order valence-electron chi connectivity index (χ2n) is 25.0. The van der Waals surface area contributed by atoms with Gasteiger partial charge in [-0.2, -0.15) is 35.3 Å². The lowest BCUT2D eigenvalue weighted by Crippen LogP contribution is -2.61. The lowest BCUT2D eigenvalue weighted by atomic mass is 10.0. The monoisotopic (exact) mass is 1440 g/mol. The molecular formula is C65H95N13O18S3. The molecular weight excluding hydrogens is 1350 g/mol. The number of aliphatic hydroxyl groups excluding tert-OH is 1. The first-order valence-electron chi connectivity index (χ1n) is 33.4. The van der Waals surface area contributed by atoms with Crippen LogP contribution in [0, 0.1) is 0 Å². The molecule has 99 heavy (non-hydrogen) atoms. The first-order valence-corrected chi connectivity index (χ1v) is 36.8. The van der Waals surface area contributed by atoms with Crippen LogP contribution in [-0.4, -0.2) is 277 Å². The van der Waals surface area contributed by atoms with Gasteiger partial charge in [0, 0.05) is 119 Å². The van der Waals surface area contributed by atoms with E-state index in [2.05, 4.69) is 37.2 Å². The Morgan fingerprint density at radius 1 is 0.667 bits per heavy atom. The summed E-state index contributed by atoms with van der Waals surface area (Å²) in [7, 11) is 0. The molecule has 4 heterocycles. The van der Waals surface area contributed by atoms with Crippen molar-refractivity contribution in [2.75, 3.05) is 95.8 Å². The first-order chi connectivity index (χ1) is 47.3. The maximum atomic E-state index is 14.8. The van der Waals surface area contributed by atoms with Crippen molar-refractivity contribution >= 4 is 112 Å². The Labute approximate surface area is 587 Å². The SMILES string of the molecule is CCCCNC(=O)N[C@H]1CSCc2cc(CSCCNC(=O)CCC(C(=O)O)N3CCN(CC(=O)O)CCN(CC(=O)O)CC3)cc(c2)CSC[C@@H](C(=O)O)NC(=O)[C@H](Cc2ccccc2)NC(=O)[C@H](CCC(N)=O)NC(=O)[C@H]([C@@H](C)O)NC(=O)[C@@H]2CCCN2C(=O)[C@@H]2CCCN2C1=O. The summed E-state index contributed by atoms with van der Waals surface area (Å²) < 4.78 is 0. The van der Waals surface area contributed by atoms with Crippen molar-refractivity contribution in [2.24, 2.45) is 5.73 Å². The largest absolute Gasteiger partial charge is 0.480 e. The Kier molecular flexibility index (Phi) is 33.3. The van der Waals surface area contributed by atoms with E-state index in [1.165, 1.54) is 52.0 Å². The summed E-state index contributed by atoms with van der Waals surface area (Å²) >= 11 is 4.01. The smallest absolute Gasteiger partial charge is 0.327 e. The number of aliphatic carboxylic acids is 4. The summed E-state index contributed by atoms with van der Waals surface area (Å²) in [6.07, 6.45) is -0.151. The van der Waals surface area contributed by atoms with Gasteiger partial charge in [0.1, 0.15) is 48.3 Å². The van der Waals surface area contributed by atoms with E-state index in [1.807, 2.05) is 25.1 Å². The summed E-state index contributed by atoms with van der Waals surface area (Å²) in [4.78, 5) is 182. The summed E-state index contributed by atoms with van der Waals surface area (Å²) in [6.45, 7) is 4.66. The number of unbranched alkanes of at least 4 members (excludes halogenated alkanes) is 1. The van der Waals surface area contributed by atoms with E-state index >= 15 is 0 Å². The summed E-state index contributed by atoms with van der Waals surface area (Å²) in [5.74, 6) is -9.56. The van der Waals surface area contributed by atoms with E-state index in [4.69, 9.17) is 5.73 Å². The minimum atomic E-state index is -1.72. The highest BCUT2D eigenvalue weighted by atomic mass is 32.2. The highest BCUT2D eigenvalue weighted by Gasteiger charge is 2.45. The summed E-state index contributed by atoms with van der Waals surface area (Å²) in [6, 6.07) is 2.96. The number of carbonyl (C=O) groups is 13. The maximum absolute atomic E-state index is 14.8. The van der Waals surface area contributed by atoms with Gasteiger partial charge in [-0.15, -0.1) is 0 Å². The third-order valence-electron chi connectivity index (χ3n) is 17.3. The van der Waals surface area contributed by atoms with Crippen molar-refractivity contribution in [3.05, 3.63) is 70.8 Å². The van der Waals surface area contributed by atoms with Crippen LogP contribution < -0.4 is 43.0 Å². The van der Waals surface area contributed by atoms with Gasteiger partial charge >= 0.3 is 29.9 Å². The normalized spacial score (nSPS) is 23.3. The van der Waals surface area contributed by atoms with E-state index in [-0.39, 0.29) is 121 Å². The Hall–Kier alpha value is -7.76. The molecule has 31 nitrogen and oxygen atoms in total. The number of amides is 10. The minimum absolute atomic E-state index is 0.0505. The number of carbonyl (C=O) groups excluding carboxylic acids is 9. The predicted octanol–water partition coefficient (Wildman–Crippen LogP) is -0.799. The average Bonchev–Trinajstić information content (AvgIpc) is 1.68. The second-order valence-corrected chi connectivity index (χ2v) is 28.2. The zero-order valence-corrected chi connectivity index (χ0v) is 58.4. The Morgan fingerprint density at radius 3 is 1.86 bits per heavy atom. The van der Waals surface area contributed by atoms with Crippen LogP contribution in [0.2, 0.25) is 0 Å². The predicted molar refractivity (Wildman–Crippen MR) is 369 cm³/mol. The van der Waals surface area contributed by atoms with Crippen molar-refractivity contribution in [1.82, 2.24) is 61.7 Å². The Morgan fingerprint density at radius 2 is 1.26 bits per heavy atom. The molecule has 2 aromatic carbocycles. The van der Waals surface area contributed by atoms with E-state index < -0.39 is 144 Å². The van der Waals surface area contributed by atoms with Gasteiger partial charge in [-0.05, 0) is 74.1 Å². The topological polar surface area (TPSA) is 449 Å². The fourth-order valence-electron chi connectivity index (χ4n) is 12.1. The molecule has 4 aliphatic rings. The van der Waals surface area contributed by atoms with Gasteiger partial charge in [0.2, 0.25) is 47.3 Å². The fraction of sp³-hybridized carbons (Fsp3) is 0.615. The van der Waals surface area contributed by atoms with Gasteiger partial charge in [0.25, 0.3) is 0 Å². The lowest BCUT2D eigenvalue weighted by Gasteiger charge is -2.33. The van der Waals surface area contributed by atoms with E-state index in [0.717, 1.165) is 23.1 Å². The number of primary amides is 1. The number of urea groups is 1. The molecule has 0 aromatic heterocycles. The molecule has 0 radical (unpaired) electrons. The van der Waals surface area contributed by atoms with E-state index in [0.29, 0.717) is 48.6 Å². The molecule has 34 heteroatoms. The van der Waals surface area contributed by atoms with Crippen molar-refractivity contribution in [3.63, 3.8) is 0 Å². The molecule has 0 saturated carbocycles. The van der Waals surface area contributed by atoms with Crippen LogP contribution in [0.25, 0.3) is 0 Å². The Bertz CT molecular complexity index is 3110. The summed E-state index contributed by atoms with van der Waals surface area (Å²) in [5, 5.41) is 69.5. The van der Waals surface area contributed by atoms with Crippen molar-refractivity contribution in [3.8, 4) is 0 Å². The zero-order valence-electron chi connectivity index (χ0n) is 55.9. The molecule has 3 fully saturated rings. The van der Waals surface area contributed by atoms with Gasteiger partial charge in [0.05, 0.1) is 19.2 Å². The van der Waals surface area contributed by atoms with Crippen LogP contribution in [-0.2, 0) is 81.2 Å². The van der Waals surface area contributed by atoms with Gasteiger partial charge in [-0.25, -0.2) is 9.59 Å². The average molecular weight is 1440 g/mol. The third-order valence-corrected chi connectivity index (χ3v) is 20.5. The number of nitrogens with one attached hydrogen (secondary N) is 7. The highest BCUT2D eigenvalue weighted by Crippen LogP contribution is 2.28. The molecule has 546 valence electrons. The van der Waals surface area contributed by atoms with Crippen LogP contribution in [0.3, 0.4) is 0 Å². The highest BCUT2D eigenvalue weighted by molar-refractivity contribution is 7.99. The molecule has 1 unspecified atom stereocenters. The number of carboxylic acids is 4. The Balaban J connectivity index is 1.25. The number of hydrogen-bond donors (Lipinski definition) is 13. The van der Waals surface area contributed by atoms with Gasteiger partial charge in [-0.3, -0.25) is 67.4 Å². The number of hydrogen-bond acceptors (Lipinski definition) is 20. The molecule has 10 amide bonds. The van der Waals surface area contributed by atoms with Crippen LogP contribution in [0.1, 0.15) is 100 Å². The van der Waals surface area contributed by atoms with E-state index in [9.17, 15) is 87.9 Å². The van der Waals surface area contributed by atoms with Crippen LogP contribution in [0.5, 0.6) is 0 Å². The molecule has 14 N–H and O–H groups in total. The zero-order chi connectivity index (χ0) is 72.1. The van der Waals surface area contributed by atoms with Crippen molar-refractivity contribution in [1.29, 1.82) is 0 Å². The number of thioether (sulfide) groups is 3. The molecule has 0 aliphatic carbocycles. The quantitative estimate of drug-likeness (QED) is 0.0541. The maximum Gasteiger partial charge on any atom is 0.327 e. The first kappa shape index (κ1) is 80.2. The number of rotatable bonds is 25. The molecule has 9 atom stereocenters. The van der Waals surface area contributed by atoms with E-state index in [1.54, 1.807) is 45.0 Å². The molecule has 4 aliphatic heterocycles. The molecule has 3 saturated heterocycles. The number of nitrogens with two attached hydrogens (primary N) is 1. The number of aliphatic hydroxyl groups is 1. The molecule has 6 rings (SSSR count). The van der Waals surface area contributed by atoms with Crippen LogP contribution in [0.4, 0.5) is 4.79 Å². The standard InChI is InChI=1S/C65H95N13O18S3/c1-3-4-18-68-65(96)72-47-38-98-36-43-29-42(35-97-28-19-67-53(81)17-15-51(64(94)95)76-26-24-74(33-54(82)83)22-23-75(25-27-76)34-55(84)85)30-44(31-43)37-99-39-48(63(92)93)71-58(87)46(32-41-10-6-5-7-11-41)70-57(86)45(14-16-52(66)80)69-60(89)56(40(2)79)73-59(88)49-12-8-20-77(49)62(91)50-13-9-21-78(50)61(47)90/h5-7,10-11,29-31,40,45-51,56,79H,3-4,8-9,12-28,32-39H2,1-2H3,(H2,66,80)(H,67,81)(H,69,89)(H,70,86)(H,71,87)(H,73,88)(H,82,83)(H,84,85)(H,92,93)(H,94,95)(H2,68,72,96)/t40-,45+,46+,47+,48+,49+,50+,51?,56+/m1/s1. The van der Waals surface area contributed by atoms with Gasteiger partial charge < -0.3 is 78.3 Å². The number of nitrogens with zero attached hydrogens (tertiary/aromatic N) is 5. The van der Waals surface area contributed by atoms with Crippen molar-refractivity contribution in [2.45, 2.75) is 156 Å². The van der Waals surface area contributed by atoms with Crippen LogP contribution in [0.15, 0.2) is 48.5 Å². The minimum Gasteiger partial charge on any atom is -0.480 e.